The molecule has 0 amide bonds. The molecule has 0 unspecified atom stereocenters. The summed E-state index contributed by atoms with van der Waals surface area (Å²) in [5.41, 5.74) is 2.32. The Bertz CT molecular complexity index is 661. The number of imidazole rings is 1. The fourth-order valence-corrected chi connectivity index (χ4v) is 3.47. The number of pyridine rings is 1. The van der Waals surface area contributed by atoms with Crippen molar-refractivity contribution in [2.24, 2.45) is 5.41 Å². The highest BCUT2D eigenvalue weighted by atomic mass is 35.5. The minimum Gasteiger partial charge on any atom is -0.329 e. The van der Waals surface area contributed by atoms with E-state index in [1.165, 1.54) is 25.7 Å². The molecule has 0 aromatic carbocycles. The number of aromatic nitrogens is 3. The van der Waals surface area contributed by atoms with E-state index in [-0.39, 0.29) is 0 Å². The fraction of sp³-hybridized carbons (Fsp3) is 0.571. The summed E-state index contributed by atoms with van der Waals surface area (Å²) in [6, 6.07) is 2.35. The van der Waals surface area contributed by atoms with Gasteiger partial charge in [0.15, 0.2) is 10.4 Å². The Kier molecular flexibility index (Phi) is 3.18. The monoisotopic (exact) mass is 295 g/mol. The van der Waals surface area contributed by atoms with Crippen molar-refractivity contribution in [1.82, 2.24) is 14.5 Å². The van der Waals surface area contributed by atoms with E-state index in [1.807, 2.05) is 6.07 Å². The Balaban J connectivity index is 2.01. The topological polar surface area (TPSA) is 33.6 Å². The van der Waals surface area contributed by atoms with Gasteiger partial charge in [-0.2, -0.15) is 0 Å². The van der Waals surface area contributed by atoms with E-state index in [2.05, 4.69) is 28.4 Å². The molecule has 1 saturated carbocycles. The molecule has 102 valence electrons. The second-order valence-electron chi connectivity index (χ2n) is 6.22. The van der Waals surface area contributed by atoms with Gasteiger partial charge in [-0.05, 0) is 49.4 Å². The van der Waals surface area contributed by atoms with E-state index in [9.17, 15) is 0 Å². The molecule has 19 heavy (non-hydrogen) atoms. The third-order valence-corrected chi connectivity index (χ3v) is 4.70. The van der Waals surface area contributed by atoms with Gasteiger partial charge in [-0.3, -0.25) is 4.57 Å². The molecular formula is C14H18ClN3S. The molecule has 0 saturated heterocycles. The van der Waals surface area contributed by atoms with E-state index in [4.69, 9.17) is 23.8 Å². The van der Waals surface area contributed by atoms with Gasteiger partial charge in [0, 0.05) is 12.2 Å². The number of nitrogens with zero attached hydrogens (tertiary/aromatic N) is 2. The highest BCUT2D eigenvalue weighted by molar-refractivity contribution is 7.71. The molecule has 3 nitrogen and oxygen atoms in total. The van der Waals surface area contributed by atoms with Crippen molar-refractivity contribution in [3.8, 4) is 0 Å². The lowest BCUT2D eigenvalue weighted by Gasteiger charge is -2.34. The number of aromatic amines is 1. The van der Waals surface area contributed by atoms with Crippen LogP contribution in [0.15, 0.2) is 12.3 Å². The number of hydrogen-bond acceptors (Lipinski definition) is 2. The van der Waals surface area contributed by atoms with Crippen LogP contribution in [-0.4, -0.2) is 14.5 Å². The standard InChI is InChI=1S/C14H18ClN3S/c1-14(2)5-3-10(4-6-14)18-12-11(17-13(18)19)7-9(15)8-16-12/h7-8,10H,3-6H2,1-2H3,(H,17,19). The SMILES string of the molecule is CC1(C)CCC(n2c(=S)[nH]c3cc(Cl)cnc32)CC1. The molecular weight excluding hydrogens is 278 g/mol. The number of halogens is 1. The van der Waals surface area contributed by atoms with Crippen molar-refractivity contribution in [3.05, 3.63) is 22.1 Å². The molecule has 0 atom stereocenters. The highest BCUT2D eigenvalue weighted by Gasteiger charge is 2.29. The summed E-state index contributed by atoms with van der Waals surface area (Å²) in [4.78, 5) is 7.66. The van der Waals surface area contributed by atoms with Crippen molar-refractivity contribution in [2.45, 2.75) is 45.6 Å². The molecule has 0 spiro atoms. The minimum absolute atomic E-state index is 0.460. The number of fused-ring (bicyclic) bond motifs is 1. The van der Waals surface area contributed by atoms with Crippen LogP contribution in [0, 0.1) is 10.2 Å². The first-order valence-electron chi connectivity index (χ1n) is 6.72. The lowest BCUT2D eigenvalue weighted by atomic mass is 9.75. The van der Waals surface area contributed by atoms with Crippen LogP contribution in [0.3, 0.4) is 0 Å². The first-order chi connectivity index (χ1) is 8.96. The van der Waals surface area contributed by atoms with Crippen molar-refractivity contribution in [2.75, 3.05) is 0 Å². The molecule has 0 bridgehead atoms. The summed E-state index contributed by atoms with van der Waals surface area (Å²) in [5, 5.41) is 0.640. The van der Waals surface area contributed by atoms with Crippen LogP contribution in [0.25, 0.3) is 11.2 Å². The van der Waals surface area contributed by atoms with E-state index in [0.29, 0.717) is 16.5 Å². The van der Waals surface area contributed by atoms with Crippen LogP contribution in [0.4, 0.5) is 0 Å². The molecule has 1 fully saturated rings. The summed E-state index contributed by atoms with van der Waals surface area (Å²) < 4.78 is 2.94. The number of rotatable bonds is 1. The summed E-state index contributed by atoms with van der Waals surface area (Å²) in [6.07, 6.45) is 6.49. The Morgan fingerprint density at radius 3 is 2.79 bits per heavy atom. The number of nitrogens with one attached hydrogen (secondary N) is 1. The quantitative estimate of drug-likeness (QED) is 0.760. The molecule has 1 aliphatic carbocycles. The molecule has 2 heterocycles. The summed E-state index contributed by atoms with van der Waals surface area (Å²) in [7, 11) is 0. The van der Waals surface area contributed by atoms with Gasteiger partial charge in [-0.25, -0.2) is 4.98 Å². The Morgan fingerprint density at radius 1 is 1.42 bits per heavy atom. The molecule has 2 aromatic heterocycles. The Hall–Kier alpha value is -0.870. The van der Waals surface area contributed by atoms with E-state index in [0.717, 1.165) is 15.9 Å². The van der Waals surface area contributed by atoms with E-state index in [1.54, 1.807) is 6.20 Å². The molecule has 3 rings (SSSR count). The largest absolute Gasteiger partial charge is 0.329 e. The molecule has 0 aliphatic heterocycles. The zero-order valence-corrected chi connectivity index (χ0v) is 12.8. The van der Waals surface area contributed by atoms with E-state index < -0.39 is 0 Å². The lowest BCUT2D eigenvalue weighted by molar-refractivity contribution is 0.195. The first-order valence-corrected chi connectivity index (χ1v) is 7.51. The van der Waals surface area contributed by atoms with Gasteiger partial charge in [-0.15, -0.1) is 0 Å². The summed E-state index contributed by atoms with van der Waals surface area (Å²) in [5.74, 6) is 0. The van der Waals surface area contributed by atoms with Crippen LogP contribution in [0.1, 0.15) is 45.6 Å². The van der Waals surface area contributed by atoms with Crippen LogP contribution in [0.5, 0.6) is 0 Å². The second-order valence-corrected chi connectivity index (χ2v) is 7.04. The third kappa shape index (κ3) is 2.43. The van der Waals surface area contributed by atoms with Crippen LogP contribution < -0.4 is 0 Å². The van der Waals surface area contributed by atoms with Gasteiger partial charge >= 0.3 is 0 Å². The van der Waals surface area contributed by atoms with Crippen LogP contribution in [-0.2, 0) is 0 Å². The maximum absolute atomic E-state index is 5.98. The van der Waals surface area contributed by atoms with E-state index >= 15 is 0 Å². The third-order valence-electron chi connectivity index (χ3n) is 4.20. The maximum atomic E-state index is 5.98. The Morgan fingerprint density at radius 2 is 2.11 bits per heavy atom. The van der Waals surface area contributed by atoms with Crippen molar-refractivity contribution in [3.63, 3.8) is 0 Å². The van der Waals surface area contributed by atoms with Crippen LogP contribution >= 0.6 is 23.8 Å². The van der Waals surface area contributed by atoms with Gasteiger partial charge in [0.25, 0.3) is 0 Å². The normalized spacial score (nSPS) is 19.9. The predicted octanol–water partition coefficient (Wildman–Crippen LogP) is 4.89. The average molecular weight is 296 g/mol. The first kappa shape index (κ1) is 13.1. The van der Waals surface area contributed by atoms with Crippen LogP contribution in [0.2, 0.25) is 5.02 Å². The van der Waals surface area contributed by atoms with Gasteiger partial charge < -0.3 is 4.98 Å². The fourth-order valence-electron chi connectivity index (χ4n) is 2.97. The number of H-pyrrole nitrogens is 1. The zero-order chi connectivity index (χ0) is 13.6. The second kappa shape index (κ2) is 4.60. The predicted molar refractivity (Wildman–Crippen MR) is 81.2 cm³/mol. The minimum atomic E-state index is 0.460. The van der Waals surface area contributed by atoms with Crippen molar-refractivity contribution < 1.29 is 0 Å². The van der Waals surface area contributed by atoms with Gasteiger partial charge in [0.1, 0.15) is 0 Å². The highest BCUT2D eigenvalue weighted by Crippen LogP contribution is 2.41. The zero-order valence-electron chi connectivity index (χ0n) is 11.2. The van der Waals surface area contributed by atoms with Gasteiger partial charge in [-0.1, -0.05) is 25.4 Å². The molecule has 0 radical (unpaired) electrons. The van der Waals surface area contributed by atoms with Gasteiger partial charge in [0.2, 0.25) is 0 Å². The van der Waals surface area contributed by atoms with Gasteiger partial charge in [0.05, 0.1) is 10.5 Å². The Labute approximate surface area is 123 Å². The molecule has 1 N–H and O–H groups in total. The number of hydrogen-bond donors (Lipinski definition) is 1. The summed E-state index contributed by atoms with van der Waals surface area (Å²) >= 11 is 11.4. The molecule has 1 aliphatic rings. The molecule has 5 heteroatoms. The lowest BCUT2D eigenvalue weighted by Crippen LogP contribution is -2.23. The maximum Gasteiger partial charge on any atom is 0.179 e. The summed E-state index contributed by atoms with van der Waals surface area (Å²) in [6.45, 7) is 4.69. The average Bonchev–Trinajstić information content (AvgIpc) is 2.65. The molecule has 2 aromatic rings. The van der Waals surface area contributed by atoms with Crippen molar-refractivity contribution in [1.29, 1.82) is 0 Å². The van der Waals surface area contributed by atoms with Crippen molar-refractivity contribution >= 4 is 35.0 Å². The smallest absolute Gasteiger partial charge is 0.179 e.